The van der Waals surface area contributed by atoms with Crippen molar-refractivity contribution in [1.82, 2.24) is 0 Å². The lowest BCUT2D eigenvalue weighted by atomic mass is 10.0. The lowest BCUT2D eigenvalue weighted by molar-refractivity contribution is -0.149. The highest BCUT2D eigenvalue weighted by Gasteiger charge is 2.27. The number of alkyl halides is 1. The third-order valence-electron chi connectivity index (χ3n) is 2.08. The van der Waals surface area contributed by atoms with Crippen LogP contribution in [-0.2, 0) is 9.53 Å². The number of nitrogens with two attached hydrogens (primary N) is 1. The first-order valence-electron chi connectivity index (χ1n) is 4.88. The molecular weight excluding hydrogens is 277 g/mol. The molecule has 0 aliphatic rings. The number of hydrogen-bond acceptors (Lipinski definition) is 3. The van der Waals surface area contributed by atoms with E-state index in [0.717, 1.165) is 4.47 Å². The summed E-state index contributed by atoms with van der Waals surface area (Å²) in [5.74, 6) is -0.919. The monoisotopic (exact) mass is 289 g/mol. The molecule has 0 spiro atoms. The molecule has 0 aliphatic heterocycles. The number of esters is 1. The van der Waals surface area contributed by atoms with Crippen LogP contribution in [0.5, 0.6) is 0 Å². The van der Waals surface area contributed by atoms with Gasteiger partial charge in [0, 0.05) is 4.47 Å². The second-order valence-corrected chi connectivity index (χ2v) is 4.15. The predicted molar refractivity (Wildman–Crippen MR) is 62.6 cm³/mol. The topological polar surface area (TPSA) is 52.3 Å². The average molecular weight is 290 g/mol. The van der Waals surface area contributed by atoms with Crippen LogP contribution in [0.2, 0.25) is 0 Å². The van der Waals surface area contributed by atoms with Crippen molar-refractivity contribution in [3.8, 4) is 0 Å². The van der Waals surface area contributed by atoms with E-state index in [1.165, 1.54) is 0 Å². The summed E-state index contributed by atoms with van der Waals surface area (Å²) in [6.07, 6.45) is -1.83. The molecule has 2 atom stereocenters. The van der Waals surface area contributed by atoms with Gasteiger partial charge in [0.15, 0.2) is 0 Å². The molecule has 0 saturated carbocycles. The minimum atomic E-state index is -1.83. The Kier molecular flexibility index (Phi) is 4.89. The summed E-state index contributed by atoms with van der Waals surface area (Å²) >= 11 is 3.26. The largest absolute Gasteiger partial charge is 0.464 e. The Morgan fingerprint density at radius 3 is 2.56 bits per heavy atom. The molecule has 1 aromatic rings. The summed E-state index contributed by atoms with van der Waals surface area (Å²) in [7, 11) is 0. The van der Waals surface area contributed by atoms with Crippen LogP contribution in [0, 0.1) is 0 Å². The maximum atomic E-state index is 13.6. The summed E-state index contributed by atoms with van der Waals surface area (Å²) in [4.78, 5) is 11.1. The maximum Gasteiger partial charge on any atom is 0.342 e. The van der Waals surface area contributed by atoms with Crippen LogP contribution in [0.1, 0.15) is 18.5 Å². The molecule has 3 nitrogen and oxygen atoms in total. The van der Waals surface area contributed by atoms with Gasteiger partial charge in [-0.25, -0.2) is 9.18 Å². The van der Waals surface area contributed by atoms with Crippen LogP contribution < -0.4 is 5.73 Å². The first kappa shape index (κ1) is 13.1. The summed E-state index contributed by atoms with van der Waals surface area (Å²) in [6.45, 7) is 1.77. The first-order valence-corrected chi connectivity index (χ1v) is 5.67. The smallest absolute Gasteiger partial charge is 0.342 e. The molecule has 0 aromatic heterocycles. The summed E-state index contributed by atoms with van der Waals surface area (Å²) in [6, 6.07) is 5.83. The van der Waals surface area contributed by atoms with Crippen LogP contribution in [-0.4, -0.2) is 18.7 Å². The molecule has 0 amide bonds. The molecule has 2 N–H and O–H groups in total. The van der Waals surface area contributed by atoms with E-state index in [-0.39, 0.29) is 6.61 Å². The van der Waals surface area contributed by atoms with Gasteiger partial charge in [-0.3, -0.25) is 0 Å². The predicted octanol–water partition coefficient (Wildman–Crippen LogP) is 2.35. The number of rotatable bonds is 4. The van der Waals surface area contributed by atoms with Gasteiger partial charge in [0.2, 0.25) is 6.17 Å². The molecule has 1 aromatic carbocycles. The Hall–Kier alpha value is -0.940. The van der Waals surface area contributed by atoms with Crippen LogP contribution in [0.25, 0.3) is 0 Å². The molecule has 88 valence electrons. The van der Waals surface area contributed by atoms with Gasteiger partial charge in [-0.1, -0.05) is 28.1 Å². The third kappa shape index (κ3) is 3.28. The van der Waals surface area contributed by atoms with Crippen molar-refractivity contribution in [2.75, 3.05) is 6.61 Å². The van der Waals surface area contributed by atoms with Crippen molar-refractivity contribution in [1.29, 1.82) is 0 Å². The number of halogens is 2. The highest BCUT2D eigenvalue weighted by atomic mass is 79.9. The zero-order valence-electron chi connectivity index (χ0n) is 8.82. The van der Waals surface area contributed by atoms with Crippen LogP contribution in [0.15, 0.2) is 28.7 Å². The van der Waals surface area contributed by atoms with Gasteiger partial charge >= 0.3 is 5.97 Å². The van der Waals surface area contributed by atoms with E-state index in [2.05, 4.69) is 20.7 Å². The molecule has 1 unspecified atom stereocenters. The average Bonchev–Trinajstić information content (AvgIpc) is 2.28. The lowest BCUT2D eigenvalue weighted by Crippen LogP contribution is -2.31. The Labute approximate surface area is 102 Å². The van der Waals surface area contributed by atoms with E-state index in [1.807, 2.05) is 0 Å². The zero-order valence-corrected chi connectivity index (χ0v) is 10.4. The highest BCUT2D eigenvalue weighted by molar-refractivity contribution is 9.10. The number of hydrogen-bond donors (Lipinski definition) is 1. The van der Waals surface area contributed by atoms with Gasteiger partial charge in [-0.2, -0.15) is 0 Å². The first-order chi connectivity index (χ1) is 7.56. The Morgan fingerprint density at radius 2 is 2.06 bits per heavy atom. The summed E-state index contributed by atoms with van der Waals surface area (Å²) in [5.41, 5.74) is 6.19. The van der Waals surface area contributed by atoms with Gasteiger partial charge in [0.25, 0.3) is 0 Å². The minimum Gasteiger partial charge on any atom is -0.464 e. The molecule has 1 rings (SSSR count). The summed E-state index contributed by atoms with van der Waals surface area (Å²) < 4.78 is 19.0. The van der Waals surface area contributed by atoms with Crippen molar-refractivity contribution in [2.24, 2.45) is 5.73 Å². The molecule has 0 radical (unpaired) electrons. The normalized spacial score (nSPS) is 14.2. The van der Waals surface area contributed by atoms with Gasteiger partial charge in [-0.15, -0.1) is 0 Å². The van der Waals surface area contributed by atoms with E-state index < -0.39 is 18.2 Å². The Morgan fingerprint density at radius 1 is 1.50 bits per heavy atom. The van der Waals surface area contributed by atoms with Gasteiger partial charge < -0.3 is 10.5 Å². The Balaban J connectivity index is 2.73. The van der Waals surface area contributed by atoms with E-state index in [1.54, 1.807) is 31.2 Å². The molecule has 0 aliphatic carbocycles. The second-order valence-electron chi connectivity index (χ2n) is 3.23. The van der Waals surface area contributed by atoms with Crippen molar-refractivity contribution >= 4 is 21.9 Å². The maximum absolute atomic E-state index is 13.6. The van der Waals surface area contributed by atoms with E-state index in [0.29, 0.717) is 5.56 Å². The van der Waals surface area contributed by atoms with Gasteiger partial charge in [-0.05, 0) is 24.6 Å². The summed E-state index contributed by atoms with van der Waals surface area (Å²) in [5, 5.41) is 0. The van der Waals surface area contributed by atoms with E-state index in [9.17, 15) is 9.18 Å². The molecule has 16 heavy (non-hydrogen) atoms. The third-order valence-corrected chi connectivity index (χ3v) is 2.61. The minimum absolute atomic E-state index is 0.145. The number of carbonyl (C=O) groups excluding carboxylic acids is 1. The molecule has 0 fully saturated rings. The van der Waals surface area contributed by atoms with Crippen molar-refractivity contribution in [3.05, 3.63) is 34.3 Å². The van der Waals surface area contributed by atoms with Gasteiger partial charge in [0.1, 0.15) is 0 Å². The fraction of sp³-hybridized carbons (Fsp3) is 0.364. The van der Waals surface area contributed by atoms with Crippen LogP contribution in [0.3, 0.4) is 0 Å². The molecule has 0 heterocycles. The quantitative estimate of drug-likeness (QED) is 0.866. The fourth-order valence-electron chi connectivity index (χ4n) is 1.22. The molecule has 0 bridgehead atoms. The molecule has 0 saturated heterocycles. The molecular formula is C11H13BrFNO2. The fourth-order valence-corrected chi connectivity index (χ4v) is 1.49. The number of ether oxygens (including phenoxy) is 1. The number of carbonyl (C=O) groups is 1. The highest BCUT2D eigenvalue weighted by Crippen LogP contribution is 2.20. The van der Waals surface area contributed by atoms with E-state index in [4.69, 9.17) is 5.73 Å². The van der Waals surface area contributed by atoms with E-state index >= 15 is 0 Å². The zero-order chi connectivity index (χ0) is 12.1. The van der Waals surface area contributed by atoms with Gasteiger partial charge in [0.05, 0.1) is 12.6 Å². The Bertz CT molecular complexity index is 356. The number of benzene rings is 1. The van der Waals surface area contributed by atoms with Crippen molar-refractivity contribution < 1.29 is 13.9 Å². The van der Waals surface area contributed by atoms with Crippen molar-refractivity contribution in [2.45, 2.75) is 19.1 Å². The van der Waals surface area contributed by atoms with Crippen LogP contribution >= 0.6 is 15.9 Å². The standard InChI is InChI=1S/C11H13BrFNO2/c1-2-16-11(15)9(13)10(14)7-3-5-8(12)6-4-7/h3-6,9-10H,2,14H2,1H3/t9?,10-/m0/s1. The SMILES string of the molecule is CCOC(=O)C(F)[C@@H](N)c1ccc(Br)cc1. The van der Waals surface area contributed by atoms with Crippen molar-refractivity contribution in [3.63, 3.8) is 0 Å². The second kappa shape index (κ2) is 5.96. The lowest BCUT2D eigenvalue weighted by Gasteiger charge is -2.15. The van der Waals surface area contributed by atoms with Crippen LogP contribution in [0.4, 0.5) is 4.39 Å². The molecule has 5 heteroatoms.